The number of halogens is 3. The van der Waals surface area contributed by atoms with E-state index in [-0.39, 0.29) is 0 Å². The minimum absolute atomic E-state index is 0.495. The molecule has 0 bridgehead atoms. The van der Waals surface area contributed by atoms with E-state index in [1.807, 2.05) is 42.5 Å². The van der Waals surface area contributed by atoms with Crippen LogP contribution in [-0.2, 0) is 6.18 Å². The first kappa shape index (κ1) is 15.1. The molecule has 23 heavy (non-hydrogen) atoms. The SMILES string of the molecule is FC(F)(F)c1ccc(NN=Cc2cccc3ccccc23)cc1. The Kier molecular flexibility index (Phi) is 4.02. The number of alkyl halides is 3. The largest absolute Gasteiger partial charge is 0.416 e. The number of benzene rings is 3. The topological polar surface area (TPSA) is 24.4 Å². The van der Waals surface area contributed by atoms with E-state index in [1.165, 1.54) is 12.1 Å². The lowest BCUT2D eigenvalue weighted by Gasteiger charge is -2.07. The molecule has 3 rings (SSSR count). The molecule has 0 aliphatic heterocycles. The quantitative estimate of drug-likeness (QED) is 0.514. The molecule has 0 spiro atoms. The molecule has 0 fully saturated rings. The van der Waals surface area contributed by atoms with Crippen LogP contribution in [0.25, 0.3) is 10.8 Å². The number of hydrazone groups is 1. The number of hydrogen-bond donors (Lipinski definition) is 1. The van der Waals surface area contributed by atoms with E-state index in [0.717, 1.165) is 28.5 Å². The molecular formula is C18H13F3N2. The van der Waals surface area contributed by atoms with E-state index < -0.39 is 11.7 Å². The Balaban J connectivity index is 1.76. The molecule has 3 aromatic rings. The second-order valence-electron chi connectivity index (χ2n) is 5.01. The number of nitrogens with one attached hydrogen (secondary N) is 1. The maximum atomic E-state index is 12.5. The van der Waals surface area contributed by atoms with Crippen LogP contribution in [0.5, 0.6) is 0 Å². The second-order valence-corrected chi connectivity index (χ2v) is 5.01. The van der Waals surface area contributed by atoms with E-state index in [0.29, 0.717) is 5.69 Å². The maximum Gasteiger partial charge on any atom is 0.416 e. The predicted octanol–water partition coefficient (Wildman–Crippen LogP) is 5.30. The van der Waals surface area contributed by atoms with Crippen LogP contribution < -0.4 is 5.43 Å². The number of hydrogen-bond acceptors (Lipinski definition) is 2. The van der Waals surface area contributed by atoms with Gasteiger partial charge in [0.25, 0.3) is 0 Å². The smallest absolute Gasteiger partial charge is 0.279 e. The molecule has 0 atom stereocenters. The van der Waals surface area contributed by atoms with Crippen LogP contribution in [-0.4, -0.2) is 6.21 Å². The molecule has 0 radical (unpaired) electrons. The van der Waals surface area contributed by atoms with Crippen molar-refractivity contribution in [2.24, 2.45) is 5.10 Å². The maximum absolute atomic E-state index is 12.5. The van der Waals surface area contributed by atoms with Gasteiger partial charge in [0.15, 0.2) is 0 Å². The summed E-state index contributed by atoms with van der Waals surface area (Å²) in [5, 5.41) is 6.26. The van der Waals surface area contributed by atoms with E-state index >= 15 is 0 Å². The fraction of sp³-hybridized carbons (Fsp3) is 0.0556. The second kappa shape index (κ2) is 6.12. The van der Waals surface area contributed by atoms with Gasteiger partial charge in [0.2, 0.25) is 0 Å². The van der Waals surface area contributed by atoms with Crippen molar-refractivity contribution in [3.05, 3.63) is 77.9 Å². The van der Waals surface area contributed by atoms with Crippen molar-refractivity contribution < 1.29 is 13.2 Å². The summed E-state index contributed by atoms with van der Waals surface area (Å²) >= 11 is 0. The fourth-order valence-corrected chi connectivity index (χ4v) is 2.27. The van der Waals surface area contributed by atoms with Crippen LogP contribution >= 0.6 is 0 Å². The molecule has 2 nitrogen and oxygen atoms in total. The Hall–Kier alpha value is -2.82. The van der Waals surface area contributed by atoms with Gasteiger partial charge >= 0.3 is 6.18 Å². The lowest BCUT2D eigenvalue weighted by Crippen LogP contribution is -2.04. The highest BCUT2D eigenvalue weighted by Gasteiger charge is 2.29. The van der Waals surface area contributed by atoms with Crippen LogP contribution in [0.15, 0.2) is 71.8 Å². The molecule has 5 heteroatoms. The minimum atomic E-state index is -4.33. The van der Waals surface area contributed by atoms with Crippen molar-refractivity contribution in [3.8, 4) is 0 Å². The van der Waals surface area contributed by atoms with Gasteiger partial charge in [-0.1, -0.05) is 42.5 Å². The third-order valence-corrected chi connectivity index (χ3v) is 3.43. The van der Waals surface area contributed by atoms with Crippen molar-refractivity contribution in [1.29, 1.82) is 0 Å². The fourth-order valence-electron chi connectivity index (χ4n) is 2.27. The lowest BCUT2D eigenvalue weighted by molar-refractivity contribution is -0.137. The van der Waals surface area contributed by atoms with E-state index in [9.17, 15) is 13.2 Å². The van der Waals surface area contributed by atoms with Crippen molar-refractivity contribution in [2.45, 2.75) is 6.18 Å². The Bertz CT molecular complexity index is 832. The minimum Gasteiger partial charge on any atom is -0.279 e. The third-order valence-electron chi connectivity index (χ3n) is 3.43. The van der Waals surface area contributed by atoms with Gasteiger partial charge in [-0.05, 0) is 35.0 Å². The molecule has 0 unspecified atom stereocenters. The Morgan fingerprint density at radius 3 is 2.26 bits per heavy atom. The van der Waals surface area contributed by atoms with Crippen LogP contribution in [0.3, 0.4) is 0 Å². The summed E-state index contributed by atoms with van der Waals surface area (Å²) in [7, 11) is 0. The Morgan fingerprint density at radius 1 is 0.826 bits per heavy atom. The predicted molar refractivity (Wildman–Crippen MR) is 86.6 cm³/mol. The van der Waals surface area contributed by atoms with Gasteiger partial charge in [-0.2, -0.15) is 18.3 Å². The third kappa shape index (κ3) is 3.51. The zero-order chi connectivity index (χ0) is 16.3. The first-order valence-corrected chi connectivity index (χ1v) is 6.98. The van der Waals surface area contributed by atoms with Crippen molar-refractivity contribution in [2.75, 3.05) is 5.43 Å². The average Bonchev–Trinajstić information content (AvgIpc) is 2.55. The molecule has 3 aromatic carbocycles. The summed E-state index contributed by atoms with van der Waals surface area (Å²) in [4.78, 5) is 0. The van der Waals surface area contributed by atoms with E-state index in [1.54, 1.807) is 6.21 Å². The molecule has 116 valence electrons. The summed E-state index contributed by atoms with van der Waals surface area (Å²) < 4.78 is 37.5. The first-order chi connectivity index (χ1) is 11.0. The normalized spacial score (nSPS) is 12.0. The summed E-state index contributed by atoms with van der Waals surface area (Å²) in [5.41, 5.74) is 3.49. The van der Waals surface area contributed by atoms with E-state index in [2.05, 4.69) is 10.5 Å². The molecular weight excluding hydrogens is 301 g/mol. The first-order valence-electron chi connectivity index (χ1n) is 6.98. The number of rotatable bonds is 3. The molecule has 1 N–H and O–H groups in total. The molecule has 0 aromatic heterocycles. The monoisotopic (exact) mass is 314 g/mol. The van der Waals surface area contributed by atoms with Crippen molar-refractivity contribution in [1.82, 2.24) is 0 Å². The van der Waals surface area contributed by atoms with Gasteiger partial charge in [-0.15, -0.1) is 0 Å². The van der Waals surface area contributed by atoms with Gasteiger partial charge in [-0.3, -0.25) is 5.43 Å². The highest BCUT2D eigenvalue weighted by atomic mass is 19.4. The number of anilines is 1. The lowest BCUT2D eigenvalue weighted by atomic mass is 10.1. The number of fused-ring (bicyclic) bond motifs is 1. The van der Waals surface area contributed by atoms with Gasteiger partial charge in [0, 0.05) is 5.56 Å². The van der Waals surface area contributed by atoms with Crippen LogP contribution in [0.2, 0.25) is 0 Å². The Morgan fingerprint density at radius 2 is 1.52 bits per heavy atom. The van der Waals surface area contributed by atoms with Gasteiger partial charge in [0.05, 0.1) is 17.5 Å². The summed E-state index contributed by atoms with van der Waals surface area (Å²) in [6.45, 7) is 0. The van der Waals surface area contributed by atoms with E-state index in [4.69, 9.17) is 0 Å². The number of nitrogens with zero attached hydrogens (tertiary/aromatic N) is 1. The van der Waals surface area contributed by atoms with Crippen molar-refractivity contribution in [3.63, 3.8) is 0 Å². The summed E-state index contributed by atoms with van der Waals surface area (Å²) in [6.07, 6.45) is -2.68. The van der Waals surface area contributed by atoms with Gasteiger partial charge < -0.3 is 0 Å². The van der Waals surface area contributed by atoms with Crippen LogP contribution in [0.1, 0.15) is 11.1 Å². The highest BCUT2D eigenvalue weighted by Crippen LogP contribution is 2.29. The zero-order valence-corrected chi connectivity index (χ0v) is 12.0. The molecule has 0 heterocycles. The van der Waals surface area contributed by atoms with Gasteiger partial charge in [-0.25, -0.2) is 0 Å². The summed E-state index contributed by atoms with van der Waals surface area (Å²) in [5.74, 6) is 0. The molecule has 0 saturated heterocycles. The Labute approximate surface area is 131 Å². The molecule has 0 saturated carbocycles. The highest BCUT2D eigenvalue weighted by molar-refractivity contribution is 5.99. The average molecular weight is 314 g/mol. The molecule has 0 aliphatic carbocycles. The zero-order valence-electron chi connectivity index (χ0n) is 12.0. The molecule has 0 aliphatic rings. The van der Waals surface area contributed by atoms with Crippen LogP contribution in [0, 0.1) is 0 Å². The standard InChI is InChI=1S/C18H13F3N2/c19-18(20,21)15-8-10-16(11-9-15)23-22-12-14-6-3-5-13-4-1-2-7-17(13)14/h1-12,23H. The summed E-state index contributed by atoms with van der Waals surface area (Å²) in [6, 6.07) is 18.5. The van der Waals surface area contributed by atoms with Crippen LogP contribution in [0.4, 0.5) is 18.9 Å². The van der Waals surface area contributed by atoms with Gasteiger partial charge in [0.1, 0.15) is 0 Å². The van der Waals surface area contributed by atoms with Crippen molar-refractivity contribution >= 4 is 22.7 Å². The molecule has 0 amide bonds.